The molecular formula is C23H35N2O3+. The van der Waals surface area contributed by atoms with Gasteiger partial charge in [-0.1, -0.05) is 39.0 Å². The van der Waals surface area contributed by atoms with Crippen LogP contribution in [0.2, 0.25) is 0 Å². The van der Waals surface area contributed by atoms with Gasteiger partial charge >= 0.3 is 5.97 Å². The van der Waals surface area contributed by atoms with Gasteiger partial charge in [0.25, 0.3) is 0 Å². The molecule has 1 aromatic carbocycles. The SMILES string of the molecule is CC1(C)[C@H]2CC[C@@]1(C)[C@@H](NC(=O)CC[N+](C)(C)CC(=O)Oc1ccccc1)C2. The zero-order chi connectivity index (χ0) is 20.6. The first-order valence-electron chi connectivity index (χ1n) is 10.4. The minimum atomic E-state index is -0.279. The number of carbonyl (C=O) groups is 2. The van der Waals surface area contributed by atoms with Crippen molar-refractivity contribution in [3.05, 3.63) is 30.3 Å². The summed E-state index contributed by atoms with van der Waals surface area (Å²) in [4.78, 5) is 24.8. The molecule has 0 aliphatic heterocycles. The van der Waals surface area contributed by atoms with Crippen LogP contribution in [0.5, 0.6) is 5.75 Å². The number of likely N-dealkylation sites (N-methyl/N-ethyl adjacent to an activating group) is 1. The lowest BCUT2D eigenvalue weighted by atomic mass is 9.69. The fraction of sp³-hybridized carbons (Fsp3) is 0.652. The molecule has 1 N–H and O–H groups in total. The van der Waals surface area contributed by atoms with Crippen molar-refractivity contribution in [1.82, 2.24) is 5.32 Å². The first kappa shape index (κ1) is 20.8. The summed E-state index contributed by atoms with van der Waals surface area (Å²) in [5.74, 6) is 1.08. The van der Waals surface area contributed by atoms with E-state index in [9.17, 15) is 9.59 Å². The summed E-state index contributed by atoms with van der Waals surface area (Å²) in [5, 5.41) is 3.31. The number of ether oxygens (including phenoxy) is 1. The van der Waals surface area contributed by atoms with Gasteiger partial charge in [-0.15, -0.1) is 0 Å². The Morgan fingerprint density at radius 1 is 1.18 bits per heavy atom. The zero-order valence-electron chi connectivity index (χ0n) is 18.0. The molecule has 28 heavy (non-hydrogen) atoms. The molecule has 1 aromatic rings. The lowest BCUT2D eigenvalue weighted by Gasteiger charge is -2.39. The van der Waals surface area contributed by atoms with Gasteiger partial charge in [-0.05, 0) is 48.1 Å². The molecule has 0 heterocycles. The van der Waals surface area contributed by atoms with E-state index in [1.165, 1.54) is 12.8 Å². The topological polar surface area (TPSA) is 55.4 Å². The molecule has 0 spiro atoms. The number of rotatable bonds is 7. The van der Waals surface area contributed by atoms with Crippen LogP contribution in [0.1, 0.15) is 46.5 Å². The van der Waals surface area contributed by atoms with E-state index in [1.807, 2.05) is 32.3 Å². The van der Waals surface area contributed by atoms with Gasteiger partial charge in [0.1, 0.15) is 5.75 Å². The Hall–Kier alpha value is -1.88. The summed E-state index contributed by atoms with van der Waals surface area (Å²) in [6.45, 7) is 7.89. The van der Waals surface area contributed by atoms with E-state index in [2.05, 4.69) is 26.1 Å². The molecule has 154 valence electrons. The maximum Gasteiger partial charge on any atom is 0.367 e. The second-order valence-corrected chi connectivity index (χ2v) is 10.1. The molecule has 2 fully saturated rings. The van der Waals surface area contributed by atoms with Crippen molar-refractivity contribution >= 4 is 11.9 Å². The first-order chi connectivity index (χ1) is 13.0. The maximum absolute atomic E-state index is 12.6. The predicted octanol–water partition coefficient (Wildman–Crippen LogP) is 3.39. The van der Waals surface area contributed by atoms with Crippen molar-refractivity contribution in [2.75, 3.05) is 27.2 Å². The van der Waals surface area contributed by atoms with E-state index in [-0.39, 0.29) is 29.9 Å². The number of hydrogen-bond donors (Lipinski definition) is 1. The van der Waals surface area contributed by atoms with Crippen LogP contribution in [0.25, 0.3) is 0 Å². The second-order valence-electron chi connectivity index (χ2n) is 10.1. The van der Waals surface area contributed by atoms with Crippen molar-refractivity contribution in [2.24, 2.45) is 16.7 Å². The molecule has 2 bridgehead atoms. The standard InChI is InChI=1S/C23H34N2O3/c1-22(2)17-11-13-23(22,3)19(15-17)24-20(26)12-14-25(4,5)16-21(27)28-18-9-7-6-8-10-18/h6-10,17,19H,11-16H2,1-5H3/p+1/t17-,19-,23-/m0/s1. The summed E-state index contributed by atoms with van der Waals surface area (Å²) in [6, 6.07) is 9.36. The average Bonchev–Trinajstić information content (AvgIpc) is 2.94. The molecule has 1 amide bonds. The minimum absolute atomic E-state index is 0.0946. The molecule has 3 atom stereocenters. The van der Waals surface area contributed by atoms with Crippen molar-refractivity contribution in [1.29, 1.82) is 0 Å². The number of nitrogens with one attached hydrogen (secondary N) is 1. The number of amides is 1. The minimum Gasteiger partial charge on any atom is -0.422 e. The van der Waals surface area contributed by atoms with Gasteiger partial charge in [0, 0.05) is 6.04 Å². The van der Waals surface area contributed by atoms with Crippen LogP contribution >= 0.6 is 0 Å². The molecule has 3 rings (SSSR count). The van der Waals surface area contributed by atoms with Gasteiger partial charge in [-0.2, -0.15) is 0 Å². The van der Waals surface area contributed by atoms with E-state index in [0.29, 0.717) is 34.5 Å². The van der Waals surface area contributed by atoms with Crippen molar-refractivity contribution in [3.63, 3.8) is 0 Å². The average molecular weight is 388 g/mol. The summed E-state index contributed by atoms with van der Waals surface area (Å²) in [6.07, 6.45) is 3.99. The fourth-order valence-electron chi connectivity index (χ4n) is 5.17. The van der Waals surface area contributed by atoms with Gasteiger partial charge in [-0.25, -0.2) is 4.79 Å². The van der Waals surface area contributed by atoms with Crippen LogP contribution < -0.4 is 10.1 Å². The molecule has 0 unspecified atom stereocenters. The summed E-state index contributed by atoms with van der Waals surface area (Å²) < 4.78 is 5.80. The van der Waals surface area contributed by atoms with Crippen LogP contribution in [0.15, 0.2) is 30.3 Å². The van der Waals surface area contributed by atoms with Crippen LogP contribution in [-0.4, -0.2) is 49.6 Å². The molecular weight excluding hydrogens is 352 g/mol. The maximum atomic E-state index is 12.6. The number of fused-ring (bicyclic) bond motifs is 2. The molecule has 0 aromatic heterocycles. The third-order valence-electron chi connectivity index (χ3n) is 7.61. The Bertz CT molecular complexity index is 729. The Morgan fingerprint density at radius 2 is 1.86 bits per heavy atom. The number of quaternary nitrogens is 1. The monoisotopic (exact) mass is 387 g/mol. The van der Waals surface area contributed by atoms with E-state index in [1.54, 1.807) is 12.1 Å². The van der Waals surface area contributed by atoms with Crippen LogP contribution in [0.4, 0.5) is 0 Å². The van der Waals surface area contributed by atoms with Gasteiger partial charge in [0.2, 0.25) is 5.91 Å². The summed E-state index contributed by atoms with van der Waals surface area (Å²) in [7, 11) is 3.92. The highest BCUT2D eigenvalue weighted by atomic mass is 16.5. The number of nitrogens with zero attached hydrogens (tertiary/aromatic N) is 1. The van der Waals surface area contributed by atoms with Crippen molar-refractivity contribution in [3.8, 4) is 5.75 Å². The second kappa shape index (κ2) is 7.51. The summed E-state index contributed by atoms with van der Waals surface area (Å²) in [5.41, 5.74) is 0.485. The lowest BCUT2D eigenvalue weighted by Crippen LogP contribution is -2.50. The van der Waals surface area contributed by atoms with E-state index >= 15 is 0 Å². The molecule has 5 nitrogen and oxygen atoms in total. The lowest BCUT2D eigenvalue weighted by molar-refractivity contribution is -0.882. The molecule has 2 saturated carbocycles. The van der Waals surface area contributed by atoms with E-state index in [4.69, 9.17) is 4.74 Å². The third kappa shape index (κ3) is 4.09. The van der Waals surface area contributed by atoms with Crippen molar-refractivity contribution in [2.45, 2.75) is 52.5 Å². The third-order valence-corrected chi connectivity index (χ3v) is 7.61. The van der Waals surface area contributed by atoms with Gasteiger partial charge in [0.15, 0.2) is 6.54 Å². The quantitative estimate of drug-likeness (QED) is 0.443. The molecule has 0 radical (unpaired) electrons. The van der Waals surface area contributed by atoms with E-state index < -0.39 is 0 Å². The predicted molar refractivity (Wildman–Crippen MR) is 110 cm³/mol. The van der Waals surface area contributed by atoms with Crippen LogP contribution in [0, 0.1) is 16.7 Å². The Balaban J connectivity index is 1.47. The molecule has 5 heteroatoms. The summed E-state index contributed by atoms with van der Waals surface area (Å²) >= 11 is 0. The largest absolute Gasteiger partial charge is 0.422 e. The fourth-order valence-corrected chi connectivity index (χ4v) is 5.17. The number of carbonyl (C=O) groups excluding carboxylic acids is 2. The molecule has 2 aliphatic rings. The first-order valence-corrected chi connectivity index (χ1v) is 10.4. The zero-order valence-corrected chi connectivity index (χ0v) is 18.0. The number of para-hydroxylation sites is 1. The van der Waals surface area contributed by atoms with E-state index in [0.717, 1.165) is 6.42 Å². The Labute approximate surface area is 169 Å². The van der Waals surface area contributed by atoms with Crippen LogP contribution in [-0.2, 0) is 9.59 Å². The van der Waals surface area contributed by atoms with Crippen LogP contribution in [0.3, 0.4) is 0 Å². The number of benzene rings is 1. The highest BCUT2D eigenvalue weighted by molar-refractivity contribution is 5.76. The number of esters is 1. The highest BCUT2D eigenvalue weighted by Gasteiger charge is 2.61. The van der Waals surface area contributed by atoms with Gasteiger partial charge in [-0.3, -0.25) is 4.79 Å². The van der Waals surface area contributed by atoms with Crippen molar-refractivity contribution < 1.29 is 18.8 Å². The smallest absolute Gasteiger partial charge is 0.367 e. The van der Waals surface area contributed by atoms with Gasteiger partial charge in [0.05, 0.1) is 27.1 Å². The van der Waals surface area contributed by atoms with Gasteiger partial charge < -0.3 is 14.5 Å². The highest BCUT2D eigenvalue weighted by Crippen LogP contribution is 2.65. The Morgan fingerprint density at radius 3 is 2.43 bits per heavy atom. The molecule has 2 aliphatic carbocycles. The normalized spacial score (nSPS) is 28.2. The molecule has 0 saturated heterocycles. The Kier molecular flexibility index (Phi) is 5.59. The number of hydrogen-bond acceptors (Lipinski definition) is 3.